The van der Waals surface area contributed by atoms with Crippen molar-refractivity contribution in [1.29, 1.82) is 0 Å². The van der Waals surface area contributed by atoms with Crippen LogP contribution in [0.4, 0.5) is 6.01 Å². The summed E-state index contributed by atoms with van der Waals surface area (Å²) in [7, 11) is 3.79. The summed E-state index contributed by atoms with van der Waals surface area (Å²) in [5.41, 5.74) is 1.28. The lowest BCUT2D eigenvalue weighted by molar-refractivity contribution is 0.192. The third kappa shape index (κ3) is 3.56. The molecule has 1 fully saturated rings. The minimum atomic E-state index is 0.353. The van der Waals surface area contributed by atoms with E-state index in [1.165, 1.54) is 5.56 Å². The van der Waals surface area contributed by atoms with Crippen molar-refractivity contribution in [2.45, 2.75) is 12.6 Å². The molecule has 1 aromatic heterocycles. The van der Waals surface area contributed by atoms with Crippen molar-refractivity contribution < 1.29 is 4.42 Å². The molecule has 22 heavy (non-hydrogen) atoms. The minimum Gasteiger partial charge on any atom is -0.407 e. The van der Waals surface area contributed by atoms with Crippen molar-refractivity contribution in [3.05, 3.63) is 40.7 Å². The molecular weight excluding hydrogens is 320 g/mol. The number of thioether (sulfide) groups is 1. The highest BCUT2D eigenvalue weighted by atomic mass is 35.5. The molecule has 0 spiro atoms. The molecule has 118 valence electrons. The average molecular weight is 339 g/mol. The average Bonchev–Trinajstić information content (AvgIpc) is 2.98. The van der Waals surface area contributed by atoms with Crippen LogP contribution >= 0.6 is 23.4 Å². The monoisotopic (exact) mass is 338 g/mol. The van der Waals surface area contributed by atoms with Gasteiger partial charge in [-0.2, -0.15) is 11.8 Å². The number of aromatic nitrogens is 2. The fourth-order valence-corrected chi connectivity index (χ4v) is 3.77. The predicted octanol–water partition coefficient (Wildman–Crippen LogP) is 3.08. The molecule has 3 rings (SSSR count). The highest BCUT2D eigenvalue weighted by molar-refractivity contribution is 7.99. The maximum atomic E-state index is 5.99. The van der Waals surface area contributed by atoms with Crippen LogP contribution in [-0.2, 0) is 6.54 Å². The van der Waals surface area contributed by atoms with Gasteiger partial charge in [0.2, 0.25) is 5.89 Å². The van der Waals surface area contributed by atoms with E-state index in [1.54, 1.807) is 0 Å². The van der Waals surface area contributed by atoms with Crippen LogP contribution in [0.5, 0.6) is 0 Å². The van der Waals surface area contributed by atoms with Crippen LogP contribution in [0.25, 0.3) is 0 Å². The summed E-state index contributed by atoms with van der Waals surface area (Å²) in [6, 6.07) is 9.00. The first-order valence-electron chi connectivity index (χ1n) is 7.20. The first kappa shape index (κ1) is 15.6. The van der Waals surface area contributed by atoms with Crippen molar-refractivity contribution >= 4 is 29.4 Å². The molecule has 0 amide bonds. The third-order valence-corrected chi connectivity index (χ3v) is 4.95. The molecule has 2 heterocycles. The smallest absolute Gasteiger partial charge is 0.317 e. The molecule has 0 radical (unpaired) electrons. The van der Waals surface area contributed by atoms with Gasteiger partial charge in [0.15, 0.2) is 0 Å². The summed E-state index contributed by atoms with van der Waals surface area (Å²) in [4.78, 5) is 4.21. The first-order chi connectivity index (χ1) is 10.6. The van der Waals surface area contributed by atoms with Gasteiger partial charge in [0.05, 0.1) is 6.54 Å². The van der Waals surface area contributed by atoms with Crippen LogP contribution < -0.4 is 4.90 Å². The van der Waals surface area contributed by atoms with Crippen molar-refractivity contribution in [3.8, 4) is 0 Å². The van der Waals surface area contributed by atoms with E-state index in [2.05, 4.69) is 27.2 Å². The lowest BCUT2D eigenvalue weighted by Crippen LogP contribution is -2.35. The van der Waals surface area contributed by atoms with Crippen LogP contribution in [-0.4, -0.2) is 47.2 Å². The minimum absolute atomic E-state index is 0.353. The lowest BCUT2D eigenvalue weighted by atomic mass is 10.1. The van der Waals surface area contributed by atoms with Gasteiger partial charge in [-0.25, -0.2) is 0 Å². The molecule has 7 heteroatoms. The third-order valence-electron chi connectivity index (χ3n) is 3.67. The van der Waals surface area contributed by atoms with Crippen LogP contribution in [0.2, 0.25) is 5.02 Å². The fraction of sp³-hybridized carbons (Fsp3) is 0.467. The van der Waals surface area contributed by atoms with Gasteiger partial charge in [-0.1, -0.05) is 28.8 Å². The van der Waals surface area contributed by atoms with Gasteiger partial charge >= 0.3 is 6.01 Å². The quantitative estimate of drug-likeness (QED) is 0.853. The number of hydrogen-bond donors (Lipinski definition) is 0. The maximum Gasteiger partial charge on any atom is 0.317 e. The molecule has 5 nitrogen and oxygen atoms in total. The second kappa shape index (κ2) is 6.89. The number of benzene rings is 1. The van der Waals surface area contributed by atoms with E-state index < -0.39 is 0 Å². The molecule has 0 saturated carbocycles. The largest absolute Gasteiger partial charge is 0.407 e. The number of rotatable bonds is 4. The van der Waals surface area contributed by atoms with Gasteiger partial charge in [-0.15, -0.1) is 5.10 Å². The highest BCUT2D eigenvalue weighted by Crippen LogP contribution is 2.31. The Hall–Kier alpha value is -1.24. The number of anilines is 1. The zero-order valence-corrected chi connectivity index (χ0v) is 14.3. The molecule has 0 unspecified atom stereocenters. The standard InChI is InChI=1S/C15H19ClN4OS/c1-19(2)15-18-17-14(21-15)9-20-7-8-22-10-13(20)11-3-5-12(16)6-4-11/h3-6,13H,7-10H2,1-2H3/t13-/m1/s1. The van der Waals surface area contributed by atoms with Crippen molar-refractivity contribution in [3.63, 3.8) is 0 Å². The highest BCUT2D eigenvalue weighted by Gasteiger charge is 2.26. The van der Waals surface area contributed by atoms with Crippen LogP contribution in [0.3, 0.4) is 0 Å². The number of halogens is 1. The van der Waals surface area contributed by atoms with Crippen LogP contribution in [0, 0.1) is 0 Å². The van der Waals surface area contributed by atoms with Gasteiger partial charge in [0, 0.05) is 43.2 Å². The van der Waals surface area contributed by atoms with Gasteiger partial charge in [0.25, 0.3) is 0 Å². The molecule has 0 aliphatic carbocycles. The predicted molar refractivity (Wildman–Crippen MR) is 90.6 cm³/mol. The molecule has 1 aromatic carbocycles. The zero-order chi connectivity index (χ0) is 15.5. The Morgan fingerprint density at radius 2 is 2.09 bits per heavy atom. The van der Waals surface area contributed by atoms with E-state index in [4.69, 9.17) is 16.0 Å². The Morgan fingerprint density at radius 3 is 2.77 bits per heavy atom. The van der Waals surface area contributed by atoms with E-state index in [0.29, 0.717) is 24.5 Å². The normalized spacial score (nSPS) is 19.3. The SMILES string of the molecule is CN(C)c1nnc(CN2CCSC[C@@H]2c2ccc(Cl)cc2)o1. The van der Waals surface area contributed by atoms with Crippen LogP contribution in [0.1, 0.15) is 17.5 Å². The first-order valence-corrected chi connectivity index (χ1v) is 8.73. The Balaban J connectivity index is 1.75. The summed E-state index contributed by atoms with van der Waals surface area (Å²) >= 11 is 7.97. The molecule has 1 aliphatic heterocycles. The zero-order valence-electron chi connectivity index (χ0n) is 12.7. The fourth-order valence-electron chi connectivity index (χ4n) is 2.48. The van der Waals surface area contributed by atoms with Crippen molar-refractivity contribution in [2.75, 3.05) is 37.0 Å². The second-order valence-electron chi connectivity index (χ2n) is 5.49. The topological polar surface area (TPSA) is 45.4 Å². The Labute approximate surface area is 139 Å². The molecule has 1 aliphatic rings. The Kier molecular flexibility index (Phi) is 4.90. The van der Waals surface area contributed by atoms with E-state index in [1.807, 2.05) is 42.9 Å². The molecular formula is C15H19ClN4OS. The summed E-state index contributed by atoms with van der Waals surface area (Å²) in [5, 5.41) is 8.97. The Morgan fingerprint density at radius 1 is 1.32 bits per heavy atom. The van der Waals surface area contributed by atoms with E-state index in [-0.39, 0.29) is 0 Å². The lowest BCUT2D eigenvalue weighted by Gasteiger charge is -2.34. The van der Waals surface area contributed by atoms with Crippen LogP contribution in [0.15, 0.2) is 28.7 Å². The van der Waals surface area contributed by atoms with Crippen molar-refractivity contribution in [1.82, 2.24) is 15.1 Å². The Bertz CT molecular complexity index is 616. The number of hydrogen-bond acceptors (Lipinski definition) is 6. The van der Waals surface area contributed by atoms with Gasteiger partial charge in [-0.05, 0) is 17.7 Å². The van der Waals surface area contributed by atoms with E-state index in [9.17, 15) is 0 Å². The summed E-state index contributed by atoms with van der Waals surface area (Å²) in [6.45, 7) is 1.69. The van der Waals surface area contributed by atoms with Crippen molar-refractivity contribution in [2.24, 2.45) is 0 Å². The summed E-state index contributed by atoms with van der Waals surface area (Å²) in [5.74, 6) is 2.85. The molecule has 1 saturated heterocycles. The molecule has 0 N–H and O–H groups in total. The van der Waals surface area contributed by atoms with E-state index in [0.717, 1.165) is 23.1 Å². The summed E-state index contributed by atoms with van der Waals surface area (Å²) < 4.78 is 5.69. The molecule has 1 atom stereocenters. The van der Waals surface area contributed by atoms with E-state index >= 15 is 0 Å². The number of nitrogens with zero attached hydrogens (tertiary/aromatic N) is 4. The molecule has 0 bridgehead atoms. The van der Waals surface area contributed by atoms with Gasteiger partial charge < -0.3 is 9.32 Å². The maximum absolute atomic E-state index is 5.99. The van der Waals surface area contributed by atoms with Gasteiger partial charge in [-0.3, -0.25) is 4.90 Å². The van der Waals surface area contributed by atoms with Gasteiger partial charge in [0.1, 0.15) is 0 Å². The summed E-state index contributed by atoms with van der Waals surface area (Å²) in [6.07, 6.45) is 0. The molecule has 2 aromatic rings. The second-order valence-corrected chi connectivity index (χ2v) is 7.07.